The van der Waals surface area contributed by atoms with Gasteiger partial charge in [-0.15, -0.1) is 0 Å². The van der Waals surface area contributed by atoms with E-state index in [1.165, 1.54) is 19.3 Å². The topological polar surface area (TPSA) is 25.2 Å². The van der Waals surface area contributed by atoms with Crippen LogP contribution in [0.4, 0.5) is 0 Å². The number of halogens is 1. The first kappa shape index (κ1) is 13.0. The molecule has 0 radical (unpaired) electrons. The molecule has 3 atom stereocenters. The Morgan fingerprint density at radius 1 is 1.29 bits per heavy atom. The fourth-order valence-corrected chi connectivity index (χ4v) is 3.69. The van der Waals surface area contributed by atoms with Crippen molar-refractivity contribution in [2.45, 2.75) is 39.2 Å². The Hall–Kier alpha value is -0.470. The van der Waals surface area contributed by atoms with E-state index in [0.29, 0.717) is 17.2 Å². The molecule has 0 bridgehead atoms. The van der Waals surface area contributed by atoms with Gasteiger partial charge in [0.25, 0.3) is 0 Å². The Kier molecular flexibility index (Phi) is 4.16. The van der Waals surface area contributed by atoms with Crippen molar-refractivity contribution in [1.29, 1.82) is 0 Å². The lowest BCUT2D eigenvalue weighted by Gasteiger charge is -2.36. The number of hydrogen-bond acceptors (Lipinski definition) is 2. The molecule has 1 fully saturated rings. The average Bonchev–Trinajstić information content (AvgIpc) is 2.65. The predicted octanol–water partition coefficient (Wildman–Crippen LogP) is 4.27. The lowest BCUT2D eigenvalue weighted by atomic mass is 9.73. The molecule has 17 heavy (non-hydrogen) atoms. The summed E-state index contributed by atoms with van der Waals surface area (Å²) in [6, 6.07) is 2.32. The highest BCUT2D eigenvalue weighted by Gasteiger charge is 2.31. The van der Waals surface area contributed by atoms with E-state index in [1.54, 1.807) is 6.26 Å². The molecule has 1 aliphatic rings. The molecule has 1 N–H and O–H groups in total. The number of furan rings is 1. The van der Waals surface area contributed by atoms with Gasteiger partial charge in [-0.3, -0.25) is 0 Å². The third-order valence-corrected chi connectivity index (χ3v) is 4.29. The molecule has 1 saturated carbocycles. The van der Waals surface area contributed by atoms with Crippen molar-refractivity contribution in [3.05, 3.63) is 23.1 Å². The van der Waals surface area contributed by atoms with Crippen LogP contribution < -0.4 is 5.32 Å². The Bertz CT molecular complexity index is 353. The summed E-state index contributed by atoms with van der Waals surface area (Å²) < 4.78 is 5.22. The molecule has 0 aliphatic heterocycles. The summed E-state index contributed by atoms with van der Waals surface area (Å²) >= 11 is 6.10. The fourth-order valence-electron chi connectivity index (χ4n) is 3.45. The maximum Gasteiger partial charge on any atom is 0.197 e. The summed E-state index contributed by atoms with van der Waals surface area (Å²) in [5.74, 6) is 2.28. The second kappa shape index (κ2) is 5.45. The van der Waals surface area contributed by atoms with Gasteiger partial charge in [-0.2, -0.15) is 0 Å². The molecule has 1 aromatic rings. The van der Waals surface area contributed by atoms with Gasteiger partial charge in [0, 0.05) is 11.6 Å². The molecule has 3 heteroatoms. The molecule has 1 aromatic heterocycles. The molecule has 96 valence electrons. The standard InChI is InChI=1S/C14H22ClNO/c1-9-6-10(2)8-11(7-9)13(16-3)12-4-5-17-14(12)15/h4-5,9-11,13,16H,6-8H2,1-3H3. The van der Waals surface area contributed by atoms with Crippen LogP contribution in [0.5, 0.6) is 0 Å². The summed E-state index contributed by atoms with van der Waals surface area (Å²) in [6.07, 6.45) is 5.58. The minimum absolute atomic E-state index is 0.325. The summed E-state index contributed by atoms with van der Waals surface area (Å²) in [4.78, 5) is 0. The zero-order chi connectivity index (χ0) is 12.4. The van der Waals surface area contributed by atoms with Crippen LogP contribution in [0.25, 0.3) is 0 Å². The van der Waals surface area contributed by atoms with Gasteiger partial charge in [-0.25, -0.2) is 0 Å². The van der Waals surface area contributed by atoms with Crippen LogP contribution in [0.1, 0.15) is 44.7 Å². The third kappa shape index (κ3) is 2.86. The molecule has 3 unspecified atom stereocenters. The van der Waals surface area contributed by atoms with Gasteiger partial charge in [0.15, 0.2) is 5.22 Å². The Labute approximate surface area is 109 Å². The minimum atomic E-state index is 0.325. The van der Waals surface area contributed by atoms with Gasteiger partial charge >= 0.3 is 0 Å². The van der Waals surface area contributed by atoms with Gasteiger partial charge in [0.1, 0.15) is 0 Å². The second-order valence-electron chi connectivity index (χ2n) is 5.59. The first-order valence-corrected chi connectivity index (χ1v) is 6.89. The quantitative estimate of drug-likeness (QED) is 0.873. The highest BCUT2D eigenvalue weighted by molar-refractivity contribution is 6.29. The van der Waals surface area contributed by atoms with Gasteiger partial charge in [-0.05, 0) is 61.7 Å². The van der Waals surface area contributed by atoms with E-state index in [1.807, 2.05) is 13.1 Å². The lowest BCUT2D eigenvalue weighted by Crippen LogP contribution is -2.31. The Morgan fingerprint density at radius 2 is 1.94 bits per heavy atom. The van der Waals surface area contributed by atoms with E-state index in [2.05, 4.69) is 19.2 Å². The molecule has 0 amide bonds. The zero-order valence-corrected chi connectivity index (χ0v) is 11.6. The van der Waals surface area contributed by atoms with Crippen molar-refractivity contribution in [1.82, 2.24) is 5.32 Å². The number of nitrogens with one attached hydrogen (secondary N) is 1. The number of hydrogen-bond donors (Lipinski definition) is 1. The van der Waals surface area contributed by atoms with Gasteiger partial charge in [0.05, 0.1) is 6.26 Å². The van der Waals surface area contributed by atoms with E-state index >= 15 is 0 Å². The van der Waals surface area contributed by atoms with E-state index in [4.69, 9.17) is 16.0 Å². The van der Waals surface area contributed by atoms with Crippen molar-refractivity contribution in [2.24, 2.45) is 17.8 Å². The van der Waals surface area contributed by atoms with Crippen LogP contribution in [0.3, 0.4) is 0 Å². The molecule has 1 aliphatic carbocycles. The minimum Gasteiger partial charge on any atom is -0.453 e. The smallest absolute Gasteiger partial charge is 0.197 e. The largest absolute Gasteiger partial charge is 0.453 e. The monoisotopic (exact) mass is 255 g/mol. The maximum atomic E-state index is 6.10. The number of rotatable bonds is 3. The summed E-state index contributed by atoms with van der Waals surface area (Å²) in [5.41, 5.74) is 1.11. The molecular weight excluding hydrogens is 234 g/mol. The third-order valence-electron chi connectivity index (χ3n) is 3.98. The summed E-state index contributed by atoms with van der Waals surface area (Å²) in [7, 11) is 2.01. The Morgan fingerprint density at radius 3 is 2.41 bits per heavy atom. The molecule has 0 spiro atoms. The van der Waals surface area contributed by atoms with Crippen LogP contribution in [-0.2, 0) is 0 Å². The zero-order valence-electron chi connectivity index (χ0n) is 10.9. The molecule has 1 heterocycles. The molecule has 2 rings (SSSR count). The van der Waals surface area contributed by atoms with Gasteiger partial charge in [-0.1, -0.05) is 13.8 Å². The van der Waals surface area contributed by atoms with Crippen molar-refractivity contribution in [3.8, 4) is 0 Å². The molecule has 2 nitrogen and oxygen atoms in total. The molecule has 0 aromatic carbocycles. The van der Waals surface area contributed by atoms with Crippen LogP contribution in [-0.4, -0.2) is 7.05 Å². The molecule has 0 saturated heterocycles. The van der Waals surface area contributed by atoms with E-state index in [-0.39, 0.29) is 0 Å². The molecular formula is C14H22ClNO. The van der Waals surface area contributed by atoms with Crippen molar-refractivity contribution in [3.63, 3.8) is 0 Å². The second-order valence-corrected chi connectivity index (χ2v) is 5.94. The van der Waals surface area contributed by atoms with Crippen LogP contribution in [0, 0.1) is 17.8 Å². The summed E-state index contributed by atoms with van der Waals surface area (Å²) in [6.45, 7) is 4.71. The van der Waals surface area contributed by atoms with E-state index in [0.717, 1.165) is 17.4 Å². The van der Waals surface area contributed by atoms with Crippen molar-refractivity contribution >= 4 is 11.6 Å². The highest BCUT2D eigenvalue weighted by Crippen LogP contribution is 2.41. The normalized spacial score (nSPS) is 31.4. The fraction of sp³-hybridized carbons (Fsp3) is 0.714. The van der Waals surface area contributed by atoms with E-state index < -0.39 is 0 Å². The first-order chi connectivity index (χ1) is 8.11. The highest BCUT2D eigenvalue weighted by atomic mass is 35.5. The van der Waals surface area contributed by atoms with Gasteiger partial charge < -0.3 is 9.73 Å². The van der Waals surface area contributed by atoms with Crippen LogP contribution in [0.15, 0.2) is 16.7 Å². The predicted molar refractivity (Wildman–Crippen MR) is 71.2 cm³/mol. The lowest BCUT2D eigenvalue weighted by molar-refractivity contribution is 0.180. The van der Waals surface area contributed by atoms with Crippen molar-refractivity contribution in [2.75, 3.05) is 7.05 Å². The van der Waals surface area contributed by atoms with E-state index in [9.17, 15) is 0 Å². The average molecular weight is 256 g/mol. The Balaban J connectivity index is 2.15. The maximum absolute atomic E-state index is 6.10. The van der Waals surface area contributed by atoms with Crippen LogP contribution in [0.2, 0.25) is 5.22 Å². The first-order valence-electron chi connectivity index (χ1n) is 6.52. The van der Waals surface area contributed by atoms with Gasteiger partial charge in [0.2, 0.25) is 0 Å². The van der Waals surface area contributed by atoms with Crippen molar-refractivity contribution < 1.29 is 4.42 Å². The SMILES string of the molecule is CNC(c1ccoc1Cl)C1CC(C)CC(C)C1. The summed E-state index contributed by atoms with van der Waals surface area (Å²) in [5, 5.41) is 3.95. The van der Waals surface area contributed by atoms with Crippen LogP contribution >= 0.6 is 11.6 Å².